The highest BCUT2D eigenvalue weighted by Gasteiger charge is 2.17. The van der Waals surface area contributed by atoms with E-state index in [1.807, 2.05) is 24.3 Å². The minimum Gasteiger partial charge on any atom is -0.486 e. The maximum Gasteiger partial charge on any atom is 0.265 e. The van der Waals surface area contributed by atoms with Crippen LogP contribution in [0, 0.1) is 3.57 Å². The molecule has 120 valence electrons. The molecule has 1 unspecified atom stereocenters. The first-order chi connectivity index (χ1) is 11.1. The van der Waals surface area contributed by atoms with Crippen LogP contribution in [-0.2, 0) is 4.79 Å². The molecule has 1 heterocycles. The average molecular weight is 425 g/mol. The average Bonchev–Trinajstić information content (AvgIpc) is 2.54. The Balaban J connectivity index is 1.64. The molecule has 0 saturated heterocycles. The summed E-state index contributed by atoms with van der Waals surface area (Å²) in [5.74, 6) is 1.78. The van der Waals surface area contributed by atoms with Crippen molar-refractivity contribution in [1.82, 2.24) is 0 Å². The quantitative estimate of drug-likeness (QED) is 0.763. The van der Waals surface area contributed by atoms with Gasteiger partial charge in [0, 0.05) is 15.3 Å². The van der Waals surface area contributed by atoms with Gasteiger partial charge in [-0.15, -0.1) is 0 Å². The number of hydrogen-bond acceptors (Lipinski definition) is 4. The number of fused-ring (bicyclic) bond motifs is 1. The van der Waals surface area contributed by atoms with E-state index in [4.69, 9.17) is 14.2 Å². The zero-order chi connectivity index (χ0) is 16.2. The van der Waals surface area contributed by atoms with Crippen molar-refractivity contribution in [3.05, 3.63) is 46.0 Å². The largest absolute Gasteiger partial charge is 0.486 e. The van der Waals surface area contributed by atoms with Crippen LogP contribution in [0.15, 0.2) is 42.5 Å². The van der Waals surface area contributed by atoms with Gasteiger partial charge in [0.2, 0.25) is 0 Å². The molecule has 2 aromatic carbocycles. The molecule has 0 fully saturated rings. The molecule has 1 aliphatic rings. The summed E-state index contributed by atoms with van der Waals surface area (Å²) in [5, 5.41) is 2.83. The van der Waals surface area contributed by atoms with Gasteiger partial charge in [0.15, 0.2) is 17.6 Å². The number of carbonyl (C=O) groups is 1. The fourth-order valence-corrected chi connectivity index (χ4v) is 2.68. The lowest BCUT2D eigenvalue weighted by molar-refractivity contribution is -0.122. The molecule has 1 aliphatic heterocycles. The zero-order valence-corrected chi connectivity index (χ0v) is 14.7. The zero-order valence-electron chi connectivity index (χ0n) is 12.5. The monoisotopic (exact) mass is 425 g/mol. The standard InChI is InChI=1S/C17H16INO4/c1-11(23-14-4-2-3-12(18)9-14)17(20)19-13-5-6-15-16(10-13)22-8-7-21-15/h2-6,9-11H,7-8H2,1H3,(H,19,20). The van der Waals surface area contributed by atoms with E-state index in [0.717, 1.165) is 3.57 Å². The van der Waals surface area contributed by atoms with E-state index in [0.29, 0.717) is 36.1 Å². The summed E-state index contributed by atoms with van der Waals surface area (Å²) < 4.78 is 17.7. The van der Waals surface area contributed by atoms with E-state index in [9.17, 15) is 4.79 Å². The number of amides is 1. The molecule has 1 N–H and O–H groups in total. The normalized spacial score (nSPS) is 14.0. The maximum atomic E-state index is 12.3. The molecule has 2 aromatic rings. The minimum atomic E-state index is -0.610. The smallest absolute Gasteiger partial charge is 0.265 e. The summed E-state index contributed by atoms with van der Waals surface area (Å²) in [7, 11) is 0. The van der Waals surface area contributed by atoms with Gasteiger partial charge in [0.1, 0.15) is 19.0 Å². The Morgan fingerprint density at radius 2 is 1.96 bits per heavy atom. The molecule has 0 radical (unpaired) electrons. The van der Waals surface area contributed by atoms with Gasteiger partial charge >= 0.3 is 0 Å². The van der Waals surface area contributed by atoms with E-state index >= 15 is 0 Å². The van der Waals surface area contributed by atoms with Crippen LogP contribution in [0.5, 0.6) is 17.2 Å². The summed E-state index contributed by atoms with van der Waals surface area (Å²) in [4.78, 5) is 12.3. The predicted octanol–water partition coefficient (Wildman–Crippen LogP) is 3.47. The van der Waals surface area contributed by atoms with Crippen LogP contribution in [0.25, 0.3) is 0 Å². The second-order valence-corrected chi connectivity index (χ2v) is 6.31. The molecular formula is C17H16INO4. The first-order valence-corrected chi connectivity index (χ1v) is 8.32. The van der Waals surface area contributed by atoms with Crippen LogP contribution in [0.2, 0.25) is 0 Å². The Kier molecular flexibility index (Phi) is 4.90. The number of rotatable bonds is 4. The SMILES string of the molecule is CC(Oc1cccc(I)c1)C(=O)Nc1ccc2c(c1)OCCO2. The van der Waals surface area contributed by atoms with Crippen LogP contribution in [0.3, 0.4) is 0 Å². The summed E-state index contributed by atoms with van der Waals surface area (Å²) in [6, 6.07) is 12.9. The Hall–Kier alpha value is -1.96. The van der Waals surface area contributed by atoms with Crippen LogP contribution in [0.1, 0.15) is 6.92 Å². The molecule has 0 bridgehead atoms. The lowest BCUT2D eigenvalue weighted by atomic mass is 10.2. The van der Waals surface area contributed by atoms with Crippen molar-refractivity contribution in [1.29, 1.82) is 0 Å². The Labute approximate surface area is 148 Å². The summed E-state index contributed by atoms with van der Waals surface area (Å²) in [5.41, 5.74) is 0.650. The van der Waals surface area contributed by atoms with Gasteiger partial charge in [-0.25, -0.2) is 0 Å². The molecule has 1 atom stereocenters. The van der Waals surface area contributed by atoms with Crippen LogP contribution >= 0.6 is 22.6 Å². The topological polar surface area (TPSA) is 56.8 Å². The number of ether oxygens (including phenoxy) is 3. The van der Waals surface area contributed by atoms with E-state index in [2.05, 4.69) is 27.9 Å². The number of carbonyl (C=O) groups excluding carboxylic acids is 1. The van der Waals surface area contributed by atoms with Crippen molar-refractivity contribution in [3.63, 3.8) is 0 Å². The van der Waals surface area contributed by atoms with Gasteiger partial charge in [-0.05, 0) is 59.8 Å². The highest BCUT2D eigenvalue weighted by Crippen LogP contribution is 2.32. The van der Waals surface area contributed by atoms with Crippen LogP contribution < -0.4 is 19.5 Å². The fraction of sp³-hybridized carbons (Fsp3) is 0.235. The van der Waals surface area contributed by atoms with Gasteiger partial charge in [-0.2, -0.15) is 0 Å². The second-order valence-electron chi connectivity index (χ2n) is 5.07. The van der Waals surface area contributed by atoms with Crippen molar-refractivity contribution in [2.24, 2.45) is 0 Å². The highest BCUT2D eigenvalue weighted by molar-refractivity contribution is 14.1. The fourth-order valence-electron chi connectivity index (χ4n) is 2.16. The van der Waals surface area contributed by atoms with Crippen LogP contribution in [-0.4, -0.2) is 25.2 Å². The third-order valence-corrected chi connectivity index (χ3v) is 3.96. The highest BCUT2D eigenvalue weighted by atomic mass is 127. The minimum absolute atomic E-state index is 0.222. The summed E-state index contributed by atoms with van der Waals surface area (Å²) >= 11 is 2.20. The number of benzene rings is 2. The van der Waals surface area contributed by atoms with Crippen molar-refractivity contribution < 1.29 is 19.0 Å². The second kappa shape index (κ2) is 7.08. The van der Waals surface area contributed by atoms with Crippen LogP contribution in [0.4, 0.5) is 5.69 Å². The molecule has 1 amide bonds. The molecule has 6 heteroatoms. The van der Waals surface area contributed by atoms with E-state index in [1.165, 1.54) is 0 Å². The third-order valence-electron chi connectivity index (χ3n) is 3.29. The van der Waals surface area contributed by atoms with Crippen molar-refractivity contribution in [3.8, 4) is 17.2 Å². The molecule has 23 heavy (non-hydrogen) atoms. The van der Waals surface area contributed by atoms with E-state index in [1.54, 1.807) is 25.1 Å². The number of nitrogens with one attached hydrogen (secondary N) is 1. The lowest BCUT2D eigenvalue weighted by Gasteiger charge is -2.19. The van der Waals surface area contributed by atoms with Gasteiger partial charge in [0.05, 0.1) is 0 Å². The van der Waals surface area contributed by atoms with Gasteiger partial charge < -0.3 is 19.5 Å². The first kappa shape index (κ1) is 15.9. The van der Waals surface area contributed by atoms with Gasteiger partial charge in [-0.3, -0.25) is 4.79 Å². The molecule has 0 aromatic heterocycles. The summed E-state index contributed by atoms with van der Waals surface area (Å²) in [6.07, 6.45) is -0.610. The van der Waals surface area contributed by atoms with E-state index < -0.39 is 6.10 Å². The number of anilines is 1. The molecule has 5 nitrogen and oxygen atoms in total. The Morgan fingerprint density at radius 1 is 1.17 bits per heavy atom. The van der Waals surface area contributed by atoms with Crippen molar-refractivity contribution in [2.45, 2.75) is 13.0 Å². The Bertz CT molecular complexity index is 719. The molecular weight excluding hydrogens is 409 g/mol. The number of halogens is 1. The van der Waals surface area contributed by atoms with E-state index in [-0.39, 0.29) is 5.91 Å². The molecule has 3 rings (SSSR count). The number of hydrogen-bond donors (Lipinski definition) is 1. The molecule has 0 spiro atoms. The van der Waals surface area contributed by atoms with Gasteiger partial charge in [0.25, 0.3) is 5.91 Å². The van der Waals surface area contributed by atoms with Crippen molar-refractivity contribution in [2.75, 3.05) is 18.5 Å². The molecule has 0 saturated carbocycles. The lowest BCUT2D eigenvalue weighted by Crippen LogP contribution is -2.30. The van der Waals surface area contributed by atoms with Gasteiger partial charge in [-0.1, -0.05) is 6.07 Å². The third kappa shape index (κ3) is 4.07. The molecule has 0 aliphatic carbocycles. The first-order valence-electron chi connectivity index (χ1n) is 7.24. The predicted molar refractivity (Wildman–Crippen MR) is 95.3 cm³/mol. The van der Waals surface area contributed by atoms with Crippen molar-refractivity contribution >= 4 is 34.2 Å². The Morgan fingerprint density at radius 3 is 2.74 bits per heavy atom. The maximum absolute atomic E-state index is 12.3. The summed E-state index contributed by atoms with van der Waals surface area (Å²) in [6.45, 7) is 2.77.